The molecular weight excluding hydrogens is 394 g/mol. The molecule has 0 bridgehead atoms. The molecule has 3 rings (SSSR count). The van der Waals surface area contributed by atoms with Crippen molar-refractivity contribution in [2.45, 2.75) is 58.7 Å². The molecule has 2 aromatic rings. The van der Waals surface area contributed by atoms with E-state index in [4.69, 9.17) is 14.2 Å². The van der Waals surface area contributed by atoms with Gasteiger partial charge in [-0.15, -0.1) is 0 Å². The normalized spacial score (nSPS) is 16.7. The van der Waals surface area contributed by atoms with Crippen molar-refractivity contribution < 1.29 is 23.8 Å². The topological polar surface area (TPSA) is 73.9 Å². The third-order valence-electron chi connectivity index (χ3n) is 5.38. The SMILES string of the molecule is Cc1cccc(C(C)C)c1NC(=O)[C@H](C)OC(=O)c1ccc(OC[C@H]2CCCO2)cc1. The van der Waals surface area contributed by atoms with Gasteiger partial charge in [-0.3, -0.25) is 4.79 Å². The van der Waals surface area contributed by atoms with Crippen LogP contribution in [0.2, 0.25) is 0 Å². The lowest BCUT2D eigenvalue weighted by atomic mass is 9.98. The number of amides is 1. The van der Waals surface area contributed by atoms with Crippen LogP contribution in [0.5, 0.6) is 5.75 Å². The molecule has 1 amide bonds. The highest BCUT2D eigenvalue weighted by atomic mass is 16.5. The molecule has 0 aromatic heterocycles. The number of nitrogens with one attached hydrogen (secondary N) is 1. The van der Waals surface area contributed by atoms with Gasteiger partial charge in [0.15, 0.2) is 6.10 Å². The van der Waals surface area contributed by atoms with Gasteiger partial charge in [0, 0.05) is 12.3 Å². The molecule has 166 valence electrons. The van der Waals surface area contributed by atoms with Crippen LogP contribution in [-0.2, 0) is 14.3 Å². The average Bonchev–Trinajstić information content (AvgIpc) is 3.27. The van der Waals surface area contributed by atoms with Crippen LogP contribution < -0.4 is 10.1 Å². The number of aryl methyl sites for hydroxylation is 1. The van der Waals surface area contributed by atoms with E-state index in [1.807, 2.05) is 25.1 Å². The monoisotopic (exact) mass is 425 g/mol. The summed E-state index contributed by atoms with van der Waals surface area (Å²) in [5, 5.41) is 2.92. The Bertz CT molecular complexity index is 901. The van der Waals surface area contributed by atoms with E-state index in [-0.39, 0.29) is 17.9 Å². The van der Waals surface area contributed by atoms with E-state index in [0.717, 1.165) is 36.3 Å². The lowest BCUT2D eigenvalue weighted by molar-refractivity contribution is -0.123. The summed E-state index contributed by atoms with van der Waals surface area (Å²) in [5.74, 6) is 0.0101. The van der Waals surface area contributed by atoms with Gasteiger partial charge in [0.05, 0.1) is 11.7 Å². The molecule has 0 spiro atoms. The molecule has 0 radical (unpaired) electrons. The molecule has 1 heterocycles. The van der Waals surface area contributed by atoms with Crippen LogP contribution in [0.1, 0.15) is 61.0 Å². The molecule has 0 aliphatic carbocycles. The summed E-state index contributed by atoms with van der Waals surface area (Å²) in [7, 11) is 0. The van der Waals surface area contributed by atoms with E-state index in [0.29, 0.717) is 17.9 Å². The van der Waals surface area contributed by atoms with Gasteiger partial charge in [0.2, 0.25) is 0 Å². The number of hydrogen-bond donors (Lipinski definition) is 1. The van der Waals surface area contributed by atoms with Crippen molar-refractivity contribution in [1.29, 1.82) is 0 Å². The number of anilines is 1. The first-order valence-corrected chi connectivity index (χ1v) is 10.8. The number of carbonyl (C=O) groups is 2. The number of ether oxygens (including phenoxy) is 3. The molecule has 1 aliphatic rings. The number of para-hydroxylation sites is 1. The Morgan fingerprint density at radius 1 is 1.13 bits per heavy atom. The van der Waals surface area contributed by atoms with Gasteiger partial charge < -0.3 is 19.5 Å². The molecular formula is C25H31NO5. The molecule has 1 N–H and O–H groups in total. The zero-order valence-electron chi connectivity index (χ0n) is 18.6. The zero-order valence-corrected chi connectivity index (χ0v) is 18.6. The maximum absolute atomic E-state index is 12.7. The Morgan fingerprint density at radius 3 is 2.52 bits per heavy atom. The fourth-order valence-corrected chi connectivity index (χ4v) is 3.50. The highest BCUT2D eigenvalue weighted by Crippen LogP contribution is 2.27. The van der Waals surface area contributed by atoms with Crippen LogP contribution in [0, 0.1) is 6.92 Å². The smallest absolute Gasteiger partial charge is 0.338 e. The Hall–Kier alpha value is -2.86. The Labute approximate surface area is 183 Å². The van der Waals surface area contributed by atoms with Gasteiger partial charge in [-0.2, -0.15) is 0 Å². The van der Waals surface area contributed by atoms with Crippen LogP contribution in [0.25, 0.3) is 0 Å². The van der Waals surface area contributed by atoms with Crippen molar-refractivity contribution in [3.63, 3.8) is 0 Å². The molecule has 2 atom stereocenters. The second-order valence-electron chi connectivity index (χ2n) is 8.20. The lowest BCUT2D eigenvalue weighted by Gasteiger charge is -2.19. The second-order valence-corrected chi connectivity index (χ2v) is 8.20. The second kappa shape index (κ2) is 10.4. The Morgan fingerprint density at radius 2 is 1.87 bits per heavy atom. The van der Waals surface area contributed by atoms with Crippen molar-refractivity contribution in [3.05, 3.63) is 59.2 Å². The minimum Gasteiger partial charge on any atom is -0.491 e. The molecule has 6 heteroatoms. The van der Waals surface area contributed by atoms with E-state index in [9.17, 15) is 9.59 Å². The molecule has 1 fully saturated rings. The van der Waals surface area contributed by atoms with E-state index in [2.05, 4.69) is 19.2 Å². The van der Waals surface area contributed by atoms with Crippen LogP contribution >= 0.6 is 0 Å². The summed E-state index contributed by atoms with van der Waals surface area (Å²) in [5.41, 5.74) is 3.16. The van der Waals surface area contributed by atoms with Crippen LogP contribution in [0.15, 0.2) is 42.5 Å². The lowest BCUT2D eigenvalue weighted by Crippen LogP contribution is -2.30. The number of rotatable bonds is 8. The number of hydrogen-bond acceptors (Lipinski definition) is 5. The quantitative estimate of drug-likeness (QED) is 0.612. The first-order chi connectivity index (χ1) is 14.8. The fourth-order valence-electron chi connectivity index (χ4n) is 3.50. The zero-order chi connectivity index (χ0) is 22.4. The van der Waals surface area contributed by atoms with Gasteiger partial charge in [0.25, 0.3) is 5.91 Å². The third kappa shape index (κ3) is 6.07. The minimum absolute atomic E-state index is 0.133. The van der Waals surface area contributed by atoms with Gasteiger partial charge in [-0.1, -0.05) is 32.0 Å². The largest absolute Gasteiger partial charge is 0.491 e. The van der Waals surface area contributed by atoms with E-state index < -0.39 is 12.1 Å². The summed E-state index contributed by atoms with van der Waals surface area (Å²) < 4.78 is 16.6. The van der Waals surface area contributed by atoms with Gasteiger partial charge in [0.1, 0.15) is 12.4 Å². The molecule has 1 saturated heterocycles. The summed E-state index contributed by atoms with van der Waals surface area (Å²) in [6.45, 7) is 8.94. The maximum Gasteiger partial charge on any atom is 0.338 e. The van der Waals surface area contributed by atoms with Crippen molar-refractivity contribution in [2.75, 3.05) is 18.5 Å². The predicted molar refractivity (Wildman–Crippen MR) is 120 cm³/mol. The standard InChI is InChI=1S/C25H31NO5/c1-16(2)22-9-5-7-17(3)23(22)26-24(27)18(4)31-25(28)19-10-12-20(13-11-19)30-15-21-8-6-14-29-21/h5,7,9-13,16,18,21H,6,8,14-15H2,1-4H3,(H,26,27)/t18-,21+/m0/s1. The molecule has 6 nitrogen and oxygen atoms in total. The van der Waals surface area contributed by atoms with Crippen LogP contribution in [0.4, 0.5) is 5.69 Å². The molecule has 1 aliphatic heterocycles. The Balaban J connectivity index is 1.55. The van der Waals surface area contributed by atoms with Crippen LogP contribution in [-0.4, -0.2) is 37.3 Å². The van der Waals surface area contributed by atoms with Crippen molar-refractivity contribution >= 4 is 17.6 Å². The van der Waals surface area contributed by atoms with Crippen molar-refractivity contribution in [3.8, 4) is 5.75 Å². The Kier molecular flexibility index (Phi) is 7.69. The number of esters is 1. The maximum atomic E-state index is 12.7. The summed E-state index contributed by atoms with van der Waals surface area (Å²) in [6, 6.07) is 12.6. The average molecular weight is 426 g/mol. The minimum atomic E-state index is -0.928. The first-order valence-electron chi connectivity index (χ1n) is 10.8. The van der Waals surface area contributed by atoms with E-state index in [1.54, 1.807) is 31.2 Å². The number of benzene rings is 2. The molecule has 0 saturated carbocycles. The predicted octanol–water partition coefficient (Wildman–Crippen LogP) is 4.86. The van der Waals surface area contributed by atoms with Gasteiger partial charge in [-0.25, -0.2) is 4.79 Å². The van der Waals surface area contributed by atoms with E-state index in [1.165, 1.54) is 0 Å². The summed E-state index contributed by atoms with van der Waals surface area (Å²) in [6.07, 6.45) is 1.27. The van der Waals surface area contributed by atoms with Gasteiger partial charge >= 0.3 is 5.97 Å². The molecule has 0 unspecified atom stereocenters. The molecule has 2 aromatic carbocycles. The first kappa shape index (κ1) is 22.8. The van der Waals surface area contributed by atoms with Gasteiger partial charge in [-0.05, 0) is 68.0 Å². The number of carbonyl (C=O) groups excluding carboxylic acids is 2. The summed E-state index contributed by atoms with van der Waals surface area (Å²) >= 11 is 0. The summed E-state index contributed by atoms with van der Waals surface area (Å²) in [4.78, 5) is 25.1. The fraction of sp³-hybridized carbons (Fsp3) is 0.440. The molecule has 31 heavy (non-hydrogen) atoms. The highest BCUT2D eigenvalue weighted by molar-refractivity contribution is 5.98. The third-order valence-corrected chi connectivity index (χ3v) is 5.38. The van der Waals surface area contributed by atoms with Crippen molar-refractivity contribution in [2.24, 2.45) is 0 Å². The van der Waals surface area contributed by atoms with Crippen molar-refractivity contribution in [1.82, 2.24) is 0 Å². The van der Waals surface area contributed by atoms with Crippen LogP contribution in [0.3, 0.4) is 0 Å². The van der Waals surface area contributed by atoms with E-state index >= 15 is 0 Å². The highest BCUT2D eigenvalue weighted by Gasteiger charge is 2.21.